The van der Waals surface area contributed by atoms with E-state index in [0.717, 1.165) is 32.1 Å². The van der Waals surface area contributed by atoms with Crippen molar-refractivity contribution in [2.75, 3.05) is 13.1 Å². The summed E-state index contributed by atoms with van der Waals surface area (Å²) in [5, 5.41) is 3.75. The summed E-state index contributed by atoms with van der Waals surface area (Å²) in [5.74, 6) is 0.606. The van der Waals surface area contributed by atoms with E-state index >= 15 is 0 Å². The Bertz CT molecular complexity index is 719. The highest BCUT2D eigenvalue weighted by molar-refractivity contribution is 7.90. The van der Waals surface area contributed by atoms with Crippen LogP contribution in [-0.4, -0.2) is 37.1 Å². The van der Waals surface area contributed by atoms with Crippen molar-refractivity contribution >= 4 is 10.0 Å². The van der Waals surface area contributed by atoms with E-state index < -0.39 is 10.0 Å². The number of benzene rings is 1. The van der Waals surface area contributed by atoms with Crippen LogP contribution in [0.4, 0.5) is 0 Å². The molecular formula is C19H28N2O2S. The third-order valence-corrected chi connectivity index (χ3v) is 8.41. The number of hydrogen-bond acceptors (Lipinski definition) is 3. The van der Waals surface area contributed by atoms with Gasteiger partial charge >= 0.3 is 0 Å². The first-order valence-corrected chi connectivity index (χ1v) is 10.8. The van der Waals surface area contributed by atoms with Crippen LogP contribution in [0.5, 0.6) is 0 Å². The molecule has 5 heteroatoms. The highest BCUT2D eigenvalue weighted by Crippen LogP contribution is 2.42. The average Bonchev–Trinajstić information content (AvgIpc) is 3.35. The molecule has 24 heavy (non-hydrogen) atoms. The molecule has 0 radical (unpaired) electrons. The molecule has 132 valence electrons. The first-order valence-electron chi connectivity index (χ1n) is 9.31. The molecule has 1 aromatic rings. The van der Waals surface area contributed by atoms with Gasteiger partial charge in [-0.05, 0) is 61.6 Å². The van der Waals surface area contributed by atoms with E-state index in [4.69, 9.17) is 0 Å². The molecule has 2 aliphatic carbocycles. The lowest BCUT2D eigenvalue weighted by molar-refractivity contribution is 0.271. The van der Waals surface area contributed by atoms with Crippen molar-refractivity contribution < 1.29 is 8.42 Å². The summed E-state index contributed by atoms with van der Waals surface area (Å²) in [6.07, 6.45) is 4.73. The van der Waals surface area contributed by atoms with Gasteiger partial charge in [0.2, 0.25) is 10.0 Å². The molecule has 4 nitrogen and oxygen atoms in total. The van der Waals surface area contributed by atoms with Crippen molar-refractivity contribution in [2.24, 2.45) is 0 Å². The van der Waals surface area contributed by atoms with Crippen LogP contribution in [-0.2, 0) is 10.0 Å². The van der Waals surface area contributed by atoms with E-state index in [9.17, 15) is 8.42 Å². The molecule has 4 rings (SSSR count). The first kappa shape index (κ1) is 16.6. The van der Waals surface area contributed by atoms with Gasteiger partial charge < -0.3 is 5.32 Å². The summed E-state index contributed by atoms with van der Waals surface area (Å²) in [4.78, 5) is 0. The van der Waals surface area contributed by atoms with E-state index in [1.54, 1.807) is 4.31 Å². The Labute approximate surface area is 145 Å². The molecule has 3 aliphatic rings. The summed E-state index contributed by atoms with van der Waals surface area (Å²) in [6.45, 7) is 5.89. The Morgan fingerprint density at radius 2 is 1.83 bits per heavy atom. The van der Waals surface area contributed by atoms with E-state index in [1.165, 1.54) is 16.7 Å². The zero-order valence-corrected chi connectivity index (χ0v) is 15.5. The summed E-state index contributed by atoms with van der Waals surface area (Å²) in [6, 6.07) is 7.48. The Morgan fingerprint density at radius 3 is 2.50 bits per heavy atom. The number of nitrogens with zero attached hydrogens (tertiary/aromatic N) is 1. The summed E-state index contributed by atoms with van der Waals surface area (Å²) >= 11 is 0. The number of aryl methyl sites for hydroxylation is 1. The third-order valence-electron chi connectivity index (χ3n) is 6.01. The normalized spacial score (nSPS) is 28.9. The molecule has 1 saturated heterocycles. The molecule has 1 aromatic carbocycles. The number of rotatable bonds is 4. The maximum absolute atomic E-state index is 12.3. The van der Waals surface area contributed by atoms with Crippen LogP contribution in [0.1, 0.15) is 67.7 Å². The number of fused-ring (bicyclic) bond motifs is 1. The number of piperidine rings is 1. The van der Waals surface area contributed by atoms with Gasteiger partial charge in [-0.3, -0.25) is 0 Å². The van der Waals surface area contributed by atoms with Gasteiger partial charge in [-0.1, -0.05) is 25.1 Å². The van der Waals surface area contributed by atoms with Crippen LogP contribution in [0, 0.1) is 6.92 Å². The van der Waals surface area contributed by atoms with Crippen molar-refractivity contribution in [3.05, 3.63) is 34.9 Å². The fraction of sp³-hybridized carbons (Fsp3) is 0.684. The molecule has 2 atom stereocenters. The van der Waals surface area contributed by atoms with Gasteiger partial charge in [0.05, 0.1) is 5.25 Å². The van der Waals surface area contributed by atoms with E-state index in [1.807, 2.05) is 0 Å². The molecule has 1 aliphatic heterocycles. The zero-order valence-electron chi connectivity index (χ0n) is 14.7. The first-order chi connectivity index (χ1) is 11.5. The number of nitrogens with one attached hydrogen (secondary N) is 1. The average molecular weight is 349 g/mol. The van der Waals surface area contributed by atoms with Gasteiger partial charge in [0.25, 0.3) is 0 Å². The molecule has 1 N–H and O–H groups in total. The van der Waals surface area contributed by atoms with Gasteiger partial charge in [0.1, 0.15) is 0 Å². The van der Waals surface area contributed by atoms with Crippen LogP contribution in [0.2, 0.25) is 0 Å². The maximum atomic E-state index is 12.3. The molecule has 0 spiro atoms. The molecule has 1 heterocycles. The van der Waals surface area contributed by atoms with Crippen LogP contribution in [0.25, 0.3) is 0 Å². The van der Waals surface area contributed by atoms with Crippen LogP contribution in [0.3, 0.4) is 0 Å². The second-order valence-electron chi connectivity index (χ2n) is 7.85. The Kier molecular flexibility index (Phi) is 4.22. The Balaban J connectivity index is 1.39. The molecule has 0 bridgehead atoms. The molecule has 1 saturated carbocycles. The third kappa shape index (κ3) is 2.91. The van der Waals surface area contributed by atoms with Gasteiger partial charge in [0.15, 0.2) is 0 Å². The largest absolute Gasteiger partial charge is 0.307 e. The monoisotopic (exact) mass is 348 g/mol. The highest BCUT2D eigenvalue weighted by atomic mass is 32.2. The molecule has 0 amide bonds. The van der Waals surface area contributed by atoms with Crippen molar-refractivity contribution in [3.8, 4) is 0 Å². The van der Waals surface area contributed by atoms with Crippen LogP contribution < -0.4 is 5.32 Å². The van der Waals surface area contributed by atoms with Crippen LogP contribution in [0.15, 0.2) is 18.2 Å². The molecule has 2 fully saturated rings. The van der Waals surface area contributed by atoms with E-state index in [0.29, 0.717) is 31.1 Å². The standard InChI is InChI=1S/C19H28N2O2S/c1-13-4-3-5-17-18(12-14(2)19(13)17)20-15-8-10-21(11-9-15)24(22,23)16-6-7-16/h3-5,14-16,18,20H,6-12H2,1-2H3/t14-,18-/m0/s1. The summed E-state index contributed by atoms with van der Waals surface area (Å²) < 4.78 is 26.4. The molecular weight excluding hydrogens is 320 g/mol. The van der Waals surface area contributed by atoms with Gasteiger partial charge in [-0.2, -0.15) is 0 Å². The van der Waals surface area contributed by atoms with Crippen molar-refractivity contribution in [2.45, 2.75) is 69.2 Å². The van der Waals surface area contributed by atoms with Gasteiger partial charge in [-0.25, -0.2) is 12.7 Å². The second kappa shape index (κ2) is 6.11. The van der Waals surface area contributed by atoms with E-state index in [2.05, 4.69) is 37.4 Å². The minimum atomic E-state index is -3.00. The van der Waals surface area contributed by atoms with E-state index in [-0.39, 0.29) is 5.25 Å². The smallest absolute Gasteiger partial charge is 0.216 e. The molecule has 0 unspecified atom stereocenters. The van der Waals surface area contributed by atoms with Crippen LogP contribution >= 0.6 is 0 Å². The summed E-state index contributed by atoms with van der Waals surface area (Å²) in [7, 11) is -3.00. The lowest BCUT2D eigenvalue weighted by Gasteiger charge is -2.33. The fourth-order valence-electron chi connectivity index (χ4n) is 4.57. The van der Waals surface area contributed by atoms with Gasteiger partial charge in [-0.15, -0.1) is 0 Å². The summed E-state index contributed by atoms with van der Waals surface area (Å²) in [5.41, 5.74) is 4.37. The zero-order chi connectivity index (χ0) is 16.9. The number of hydrogen-bond donors (Lipinski definition) is 1. The quantitative estimate of drug-likeness (QED) is 0.910. The van der Waals surface area contributed by atoms with Crippen molar-refractivity contribution in [1.29, 1.82) is 0 Å². The topological polar surface area (TPSA) is 49.4 Å². The molecule has 0 aromatic heterocycles. The fourth-order valence-corrected chi connectivity index (χ4v) is 6.45. The Hall–Kier alpha value is -0.910. The minimum Gasteiger partial charge on any atom is -0.307 e. The Morgan fingerprint density at radius 1 is 1.12 bits per heavy atom. The lowest BCUT2D eigenvalue weighted by atomic mass is 9.98. The maximum Gasteiger partial charge on any atom is 0.216 e. The van der Waals surface area contributed by atoms with Crippen molar-refractivity contribution in [3.63, 3.8) is 0 Å². The lowest BCUT2D eigenvalue weighted by Crippen LogP contribution is -2.46. The highest BCUT2D eigenvalue weighted by Gasteiger charge is 2.41. The number of sulfonamides is 1. The predicted molar refractivity (Wildman–Crippen MR) is 96.6 cm³/mol. The predicted octanol–water partition coefficient (Wildman–Crippen LogP) is 3.09. The second-order valence-corrected chi connectivity index (χ2v) is 10.1. The minimum absolute atomic E-state index is 0.0763. The van der Waals surface area contributed by atoms with Crippen molar-refractivity contribution in [1.82, 2.24) is 9.62 Å². The van der Waals surface area contributed by atoms with Gasteiger partial charge in [0, 0.05) is 25.2 Å². The SMILES string of the molecule is Cc1cccc2c1[C@@H](C)C[C@@H]2NC1CCN(S(=O)(=O)C2CC2)CC1.